The molecule has 5 nitrogen and oxygen atoms in total. The number of rotatable bonds is 6. The predicted molar refractivity (Wildman–Crippen MR) is 98.3 cm³/mol. The van der Waals surface area contributed by atoms with Gasteiger partial charge in [0.2, 0.25) is 5.91 Å². The number of aromatic nitrogens is 1. The second-order valence-electron chi connectivity index (χ2n) is 7.55. The number of amides is 1. The number of fused-ring (bicyclic) bond motifs is 1. The summed E-state index contributed by atoms with van der Waals surface area (Å²) >= 11 is 0. The van der Waals surface area contributed by atoms with Gasteiger partial charge in [0.25, 0.3) is 0 Å². The number of likely N-dealkylation sites (tertiary alicyclic amines) is 1. The van der Waals surface area contributed by atoms with Crippen LogP contribution < -0.4 is 10.7 Å². The Morgan fingerprint density at radius 2 is 2.04 bits per heavy atom. The van der Waals surface area contributed by atoms with Crippen molar-refractivity contribution >= 4 is 16.8 Å². The first-order valence-electron chi connectivity index (χ1n) is 9.27. The van der Waals surface area contributed by atoms with Crippen molar-refractivity contribution in [1.82, 2.24) is 15.2 Å². The summed E-state index contributed by atoms with van der Waals surface area (Å²) in [6, 6.07) is 9.35. The minimum Gasteiger partial charge on any atom is -0.357 e. The second kappa shape index (κ2) is 7.00. The first-order chi connectivity index (χ1) is 12.2. The molecule has 1 aliphatic heterocycles. The molecule has 1 saturated carbocycles. The highest BCUT2D eigenvalue weighted by atomic mass is 16.1. The lowest BCUT2D eigenvalue weighted by atomic mass is 10.1. The number of H-pyrrole nitrogens is 1. The Hall–Kier alpha value is -2.14. The quantitative estimate of drug-likeness (QED) is 0.848. The normalized spacial score (nSPS) is 20.9. The summed E-state index contributed by atoms with van der Waals surface area (Å²) in [6.07, 6.45) is 4.24. The molecular weight excluding hydrogens is 314 g/mol. The van der Waals surface area contributed by atoms with Crippen LogP contribution in [0.3, 0.4) is 0 Å². The molecule has 0 unspecified atom stereocenters. The number of nitrogens with one attached hydrogen (secondary N) is 2. The zero-order valence-electron chi connectivity index (χ0n) is 14.5. The van der Waals surface area contributed by atoms with Gasteiger partial charge in [-0.25, -0.2) is 0 Å². The van der Waals surface area contributed by atoms with Crippen molar-refractivity contribution in [3.63, 3.8) is 0 Å². The molecule has 1 aliphatic carbocycles. The van der Waals surface area contributed by atoms with Crippen LogP contribution in [0.4, 0.5) is 0 Å². The fourth-order valence-electron chi connectivity index (χ4n) is 3.72. The number of carbonyl (C=O) groups is 1. The molecule has 2 fully saturated rings. The van der Waals surface area contributed by atoms with E-state index in [4.69, 9.17) is 0 Å². The van der Waals surface area contributed by atoms with Crippen LogP contribution in [-0.2, 0) is 11.3 Å². The lowest BCUT2D eigenvalue weighted by molar-refractivity contribution is -0.121. The van der Waals surface area contributed by atoms with E-state index in [0.29, 0.717) is 18.3 Å². The number of hydrogen-bond acceptors (Lipinski definition) is 3. The number of para-hydroxylation sites is 1. The van der Waals surface area contributed by atoms with E-state index in [2.05, 4.69) is 15.2 Å². The van der Waals surface area contributed by atoms with E-state index in [1.54, 1.807) is 6.07 Å². The summed E-state index contributed by atoms with van der Waals surface area (Å²) in [5.41, 5.74) is 1.93. The fraction of sp³-hybridized carbons (Fsp3) is 0.500. The Balaban J connectivity index is 1.31. The molecule has 5 heteroatoms. The summed E-state index contributed by atoms with van der Waals surface area (Å²) < 4.78 is 0. The number of aromatic amines is 1. The van der Waals surface area contributed by atoms with Gasteiger partial charge in [-0.15, -0.1) is 0 Å². The summed E-state index contributed by atoms with van der Waals surface area (Å²) in [4.78, 5) is 29.8. The molecule has 4 rings (SSSR count). The average Bonchev–Trinajstić information content (AvgIpc) is 3.30. The monoisotopic (exact) mass is 339 g/mol. The molecule has 2 heterocycles. The maximum atomic E-state index is 12.2. The predicted octanol–water partition coefficient (Wildman–Crippen LogP) is 2.27. The summed E-state index contributed by atoms with van der Waals surface area (Å²) in [6.45, 7) is 3.51. The van der Waals surface area contributed by atoms with Gasteiger partial charge in [-0.2, -0.15) is 0 Å². The molecule has 0 spiro atoms. The largest absolute Gasteiger partial charge is 0.357 e. The van der Waals surface area contributed by atoms with Crippen LogP contribution in [0.1, 0.15) is 31.4 Å². The Kier molecular flexibility index (Phi) is 4.57. The molecule has 132 valence electrons. The van der Waals surface area contributed by atoms with Gasteiger partial charge < -0.3 is 10.3 Å². The van der Waals surface area contributed by atoms with Crippen LogP contribution in [-0.4, -0.2) is 35.4 Å². The van der Waals surface area contributed by atoms with Gasteiger partial charge in [0.1, 0.15) is 0 Å². The van der Waals surface area contributed by atoms with E-state index in [9.17, 15) is 9.59 Å². The van der Waals surface area contributed by atoms with Crippen LogP contribution >= 0.6 is 0 Å². The minimum atomic E-state index is 0.0763. The summed E-state index contributed by atoms with van der Waals surface area (Å²) in [7, 11) is 0. The highest BCUT2D eigenvalue weighted by molar-refractivity contribution is 5.78. The third kappa shape index (κ3) is 4.10. The van der Waals surface area contributed by atoms with Crippen molar-refractivity contribution in [2.45, 2.75) is 32.2 Å². The standard InChI is InChI=1S/C20H25N3O2/c24-19-10-16(22-18-4-2-1-3-17(18)19)13-23-8-7-15(12-23)11-21-20(25)9-14-5-6-14/h1-4,10,14-15H,5-9,11-13H2,(H,21,25)(H,22,24)/t15-/m0/s1. The molecule has 2 aromatic rings. The summed E-state index contributed by atoms with van der Waals surface area (Å²) in [5.74, 6) is 1.36. The van der Waals surface area contributed by atoms with Crippen molar-refractivity contribution in [1.29, 1.82) is 0 Å². The van der Waals surface area contributed by atoms with E-state index in [0.717, 1.165) is 49.2 Å². The summed E-state index contributed by atoms with van der Waals surface area (Å²) in [5, 5.41) is 3.83. The smallest absolute Gasteiger partial charge is 0.220 e. The molecular formula is C20H25N3O2. The van der Waals surface area contributed by atoms with Crippen molar-refractivity contribution in [2.75, 3.05) is 19.6 Å². The topological polar surface area (TPSA) is 65.2 Å². The zero-order chi connectivity index (χ0) is 17.2. The van der Waals surface area contributed by atoms with Crippen molar-refractivity contribution in [2.24, 2.45) is 11.8 Å². The van der Waals surface area contributed by atoms with Crippen molar-refractivity contribution in [3.8, 4) is 0 Å². The van der Waals surface area contributed by atoms with E-state index in [-0.39, 0.29) is 11.3 Å². The Labute approximate surface area is 147 Å². The van der Waals surface area contributed by atoms with Crippen LogP contribution in [0.15, 0.2) is 35.1 Å². The Bertz CT molecular complexity index is 825. The van der Waals surface area contributed by atoms with Gasteiger partial charge in [-0.3, -0.25) is 14.5 Å². The lowest BCUT2D eigenvalue weighted by Gasteiger charge is -2.16. The SMILES string of the molecule is O=C(CC1CC1)NC[C@@H]1CCN(Cc2cc(=O)c3ccccc3[nH]2)C1. The second-order valence-corrected chi connectivity index (χ2v) is 7.55. The Morgan fingerprint density at radius 3 is 2.88 bits per heavy atom. The Morgan fingerprint density at radius 1 is 1.20 bits per heavy atom. The number of carbonyl (C=O) groups excluding carboxylic acids is 1. The first-order valence-corrected chi connectivity index (χ1v) is 9.27. The molecule has 0 bridgehead atoms. The maximum absolute atomic E-state index is 12.2. The molecule has 2 N–H and O–H groups in total. The van der Waals surface area contributed by atoms with Crippen molar-refractivity contribution < 1.29 is 4.79 Å². The maximum Gasteiger partial charge on any atom is 0.220 e. The third-order valence-corrected chi connectivity index (χ3v) is 5.32. The number of pyridine rings is 1. The molecule has 1 aromatic carbocycles. The third-order valence-electron chi connectivity index (χ3n) is 5.32. The number of hydrogen-bond donors (Lipinski definition) is 2. The fourth-order valence-corrected chi connectivity index (χ4v) is 3.72. The minimum absolute atomic E-state index is 0.0763. The van der Waals surface area contributed by atoms with Crippen LogP contribution in [0.5, 0.6) is 0 Å². The highest BCUT2D eigenvalue weighted by Gasteiger charge is 2.26. The number of nitrogens with zero attached hydrogens (tertiary/aromatic N) is 1. The van der Waals surface area contributed by atoms with Gasteiger partial charge in [0.15, 0.2) is 5.43 Å². The van der Waals surface area contributed by atoms with Crippen molar-refractivity contribution in [3.05, 3.63) is 46.2 Å². The van der Waals surface area contributed by atoms with Gasteiger partial charge >= 0.3 is 0 Å². The zero-order valence-corrected chi connectivity index (χ0v) is 14.5. The number of benzene rings is 1. The van der Waals surface area contributed by atoms with E-state index in [1.165, 1.54) is 12.8 Å². The molecule has 1 aromatic heterocycles. The van der Waals surface area contributed by atoms with Gasteiger partial charge in [0, 0.05) is 48.7 Å². The molecule has 0 radical (unpaired) electrons. The van der Waals surface area contributed by atoms with Gasteiger partial charge in [0.05, 0.1) is 0 Å². The molecule has 1 saturated heterocycles. The van der Waals surface area contributed by atoms with Gasteiger partial charge in [-0.05, 0) is 49.8 Å². The van der Waals surface area contributed by atoms with E-state index in [1.807, 2.05) is 24.3 Å². The van der Waals surface area contributed by atoms with Crippen LogP contribution in [0.25, 0.3) is 10.9 Å². The van der Waals surface area contributed by atoms with Crippen LogP contribution in [0.2, 0.25) is 0 Å². The van der Waals surface area contributed by atoms with Crippen LogP contribution in [0, 0.1) is 11.8 Å². The van der Waals surface area contributed by atoms with Gasteiger partial charge in [-0.1, -0.05) is 12.1 Å². The molecule has 2 aliphatic rings. The molecule has 1 atom stereocenters. The molecule has 1 amide bonds. The molecule has 25 heavy (non-hydrogen) atoms. The first kappa shape index (κ1) is 16.3. The average molecular weight is 339 g/mol. The highest BCUT2D eigenvalue weighted by Crippen LogP contribution is 2.32. The lowest BCUT2D eigenvalue weighted by Crippen LogP contribution is -2.31. The van der Waals surface area contributed by atoms with E-state index >= 15 is 0 Å². The van der Waals surface area contributed by atoms with E-state index < -0.39 is 0 Å².